The molecule has 6 aromatic carbocycles. The molecule has 0 spiro atoms. The van der Waals surface area contributed by atoms with Gasteiger partial charge in [0.1, 0.15) is 12.2 Å². The first-order chi connectivity index (χ1) is 23.9. The van der Waals surface area contributed by atoms with Crippen LogP contribution in [0.3, 0.4) is 0 Å². The summed E-state index contributed by atoms with van der Waals surface area (Å²) in [4.78, 5) is 2.75. The molecule has 2 aliphatic heterocycles. The van der Waals surface area contributed by atoms with Gasteiger partial charge in [-0.1, -0.05) is 158 Å². The van der Waals surface area contributed by atoms with Gasteiger partial charge in [-0.15, -0.1) is 0 Å². The van der Waals surface area contributed by atoms with E-state index in [1.165, 1.54) is 61.2 Å². The molecule has 0 amide bonds. The zero-order chi connectivity index (χ0) is 31.4. The Morgan fingerprint density at radius 1 is 0.521 bits per heavy atom. The predicted molar refractivity (Wildman–Crippen MR) is 194 cm³/mol. The summed E-state index contributed by atoms with van der Waals surface area (Å²) in [6, 6.07) is 61.1. The second kappa shape index (κ2) is 9.62. The summed E-state index contributed by atoms with van der Waals surface area (Å²) < 4.78 is 5.04. The molecule has 4 unspecified atom stereocenters. The van der Waals surface area contributed by atoms with Crippen molar-refractivity contribution >= 4 is 22.3 Å². The third kappa shape index (κ3) is 3.14. The number of allylic oxidation sites excluding steroid dienone is 2. The van der Waals surface area contributed by atoms with E-state index >= 15 is 0 Å². The van der Waals surface area contributed by atoms with E-state index in [2.05, 4.69) is 190 Å². The molecule has 3 heteroatoms. The second-order valence-corrected chi connectivity index (χ2v) is 13.6. The van der Waals surface area contributed by atoms with Crippen molar-refractivity contribution in [1.29, 1.82) is 0 Å². The highest BCUT2D eigenvalue weighted by Gasteiger charge is 2.57. The summed E-state index contributed by atoms with van der Waals surface area (Å²) in [6.45, 7) is 0. The predicted octanol–water partition coefficient (Wildman–Crippen LogP) is 9.89. The van der Waals surface area contributed by atoms with Crippen LogP contribution in [-0.4, -0.2) is 15.4 Å². The number of rotatable bonds is 4. The molecule has 228 valence electrons. The Bertz CT molecular complexity index is 2390. The Morgan fingerprint density at radius 2 is 1.10 bits per heavy atom. The minimum absolute atomic E-state index is 0.162. The number of aromatic nitrogens is 2. The van der Waals surface area contributed by atoms with Gasteiger partial charge in [-0.3, -0.25) is 9.36 Å². The lowest BCUT2D eigenvalue weighted by Crippen LogP contribution is -2.56. The van der Waals surface area contributed by atoms with E-state index in [4.69, 9.17) is 0 Å². The quantitative estimate of drug-likeness (QED) is 0.192. The summed E-state index contributed by atoms with van der Waals surface area (Å²) in [5.41, 5.74) is 14.6. The largest absolute Gasteiger partial charge is 0.340 e. The number of nitrogens with zero attached hydrogens (tertiary/aromatic N) is 3. The highest BCUT2D eigenvalue weighted by Crippen LogP contribution is 2.64. The number of fused-ring (bicyclic) bond motifs is 10. The van der Waals surface area contributed by atoms with Crippen LogP contribution < -0.4 is 4.90 Å². The van der Waals surface area contributed by atoms with Crippen molar-refractivity contribution in [3.8, 4) is 0 Å². The van der Waals surface area contributed by atoms with Gasteiger partial charge in [0.2, 0.25) is 0 Å². The van der Waals surface area contributed by atoms with Crippen LogP contribution in [0.5, 0.6) is 0 Å². The van der Waals surface area contributed by atoms with Gasteiger partial charge in [-0.05, 0) is 62.7 Å². The zero-order valence-electron chi connectivity index (χ0n) is 26.4. The highest BCUT2D eigenvalue weighted by atomic mass is 15.6. The van der Waals surface area contributed by atoms with E-state index in [1.807, 2.05) is 0 Å². The molecule has 0 bridgehead atoms. The topological polar surface area (TPSA) is 13.1 Å². The third-order valence-corrected chi connectivity index (χ3v) is 11.5. The number of hydrogen-bond acceptors (Lipinski definition) is 1. The molecule has 0 N–H and O–H groups in total. The molecule has 0 saturated carbocycles. The van der Waals surface area contributed by atoms with E-state index in [1.54, 1.807) is 0 Å². The first-order valence-corrected chi connectivity index (χ1v) is 17.1. The number of anilines is 1. The number of para-hydroxylation sites is 3. The fraction of sp³-hybridized carbons (Fsp3) is 0.111. The number of hydrogen-bond donors (Lipinski definition) is 0. The normalized spacial score (nSPS) is 22.5. The van der Waals surface area contributed by atoms with Gasteiger partial charge < -0.3 is 4.90 Å². The van der Waals surface area contributed by atoms with Crippen LogP contribution in [0.4, 0.5) is 5.69 Å². The molecular formula is C45H33N3. The molecule has 2 aliphatic carbocycles. The van der Waals surface area contributed by atoms with Crippen LogP contribution in [0.25, 0.3) is 16.6 Å². The third-order valence-electron chi connectivity index (χ3n) is 11.5. The first kappa shape index (κ1) is 26.3. The summed E-state index contributed by atoms with van der Waals surface area (Å²) in [5.74, 6) is 0.207. The van der Waals surface area contributed by atoms with Gasteiger partial charge in [0, 0.05) is 11.6 Å². The first-order valence-electron chi connectivity index (χ1n) is 17.1. The smallest absolute Gasteiger partial charge is 0.149 e. The minimum Gasteiger partial charge on any atom is -0.340 e. The Kier molecular flexibility index (Phi) is 5.27. The van der Waals surface area contributed by atoms with Crippen molar-refractivity contribution < 1.29 is 0 Å². The van der Waals surface area contributed by atoms with Crippen molar-refractivity contribution in [2.24, 2.45) is 0 Å². The van der Waals surface area contributed by atoms with Crippen LogP contribution in [0.15, 0.2) is 182 Å². The molecule has 1 aromatic heterocycles. The lowest BCUT2D eigenvalue weighted by Gasteiger charge is -2.55. The van der Waals surface area contributed by atoms with Crippen molar-refractivity contribution in [1.82, 2.24) is 9.36 Å². The maximum absolute atomic E-state index is 2.75. The van der Waals surface area contributed by atoms with Gasteiger partial charge in [0.05, 0.1) is 22.5 Å². The second-order valence-electron chi connectivity index (χ2n) is 13.6. The molecule has 3 heterocycles. The van der Waals surface area contributed by atoms with Gasteiger partial charge >= 0.3 is 0 Å². The molecule has 7 aromatic rings. The van der Waals surface area contributed by atoms with E-state index < -0.39 is 5.41 Å². The van der Waals surface area contributed by atoms with E-state index in [0.717, 1.165) is 0 Å². The Hall–Kier alpha value is -5.80. The standard InChI is InChI=1S/C45H33N3/c1-4-16-30(17-5-1)43-44(48-39-27-15-14-26-38(39)47(43)48)46-37-25-13-11-23-34(37)42-40(46)29-28-36-41(42)33-22-10-12-24-35(33)45(36,31-18-6-2-7-19-31)32-20-8-3-9-21-32/h1-29,40,42-44H. The Morgan fingerprint density at radius 3 is 1.83 bits per heavy atom. The maximum atomic E-state index is 2.75. The molecule has 4 atom stereocenters. The number of benzene rings is 6. The molecule has 0 saturated heterocycles. The molecule has 4 aliphatic rings. The van der Waals surface area contributed by atoms with Gasteiger partial charge in [0.15, 0.2) is 0 Å². The van der Waals surface area contributed by atoms with Crippen molar-refractivity contribution in [2.75, 3.05) is 4.90 Å². The van der Waals surface area contributed by atoms with E-state index in [0.29, 0.717) is 0 Å². The Labute approximate surface area is 280 Å². The fourth-order valence-corrected chi connectivity index (χ4v) is 9.80. The van der Waals surface area contributed by atoms with Crippen molar-refractivity contribution in [3.63, 3.8) is 0 Å². The molecule has 0 radical (unpaired) electrons. The van der Waals surface area contributed by atoms with E-state index in [-0.39, 0.29) is 24.2 Å². The summed E-state index contributed by atoms with van der Waals surface area (Å²) in [5, 5.41) is 0. The Balaban J connectivity index is 1.15. The summed E-state index contributed by atoms with van der Waals surface area (Å²) in [6.07, 6.45) is 5.19. The molecule has 3 nitrogen and oxygen atoms in total. The van der Waals surface area contributed by atoms with E-state index in [9.17, 15) is 0 Å². The minimum atomic E-state index is -0.394. The van der Waals surface area contributed by atoms with Crippen LogP contribution in [0, 0.1) is 0 Å². The van der Waals surface area contributed by atoms with Gasteiger partial charge in [-0.25, -0.2) is 0 Å². The van der Waals surface area contributed by atoms with Crippen molar-refractivity contribution in [3.05, 3.63) is 215 Å². The van der Waals surface area contributed by atoms with Crippen LogP contribution in [-0.2, 0) is 5.41 Å². The molecule has 0 fully saturated rings. The lowest BCUT2D eigenvalue weighted by atomic mass is 9.65. The van der Waals surface area contributed by atoms with Crippen LogP contribution in [0.1, 0.15) is 51.5 Å². The van der Waals surface area contributed by atoms with Gasteiger partial charge in [-0.2, -0.15) is 0 Å². The molecular weight excluding hydrogens is 583 g/mol. The fourth-order valence-electron chi connectivity index (χ4n) is 9.80. The van der Waals surface area contributed by atoms with Crippen molar-refractivity contribution in [2.45, 2.75) is 29.6 Å². The zero-order valence-corrected chi connectivity index (χ0v) is 26.4. The summed E-state index contributed by atoms with van der Waals surface area (Å²) >= 11 is 0. The highest BCUT2D eigenvalue weighted by molar-refractivity contribution is 5.94. The SMILES string of the molecule is C1=CC2C(C3=C1C(c1ccccc1)(c1ccccc1)c1ccccc13)c1ccccc1N2C1C(c2ccccc2)n2c3ccccc3n21. The maximum Gasteiger partial charge on any atom is 0.149 e. The average molecular weight is 616 g/mol. The molecule has 11 rings (SSSR count). The average Bonchev–Trinajstić information content (AvgIpc) is 3.63. The molecule has 48 heavy (non-hydrogen) atoms. The van der Waals surface area contributed by atoms with Crippen LogP contribution >= 0.6 is 0 Å². The summed E-state index contributed by atoms with van der Waals surface area (Å²) in [7, 11) is 0. The van der Waals surface area contributed by atoms with Gasteiger partial charge in [0.25, 0.3) is 0 Å². The monoisotopic (exact) mass is 615 g/mol. The van der Waals surface area contributed by atoms with Crippen LogP contribution in [0.2, 0.25) is 0 Å². The lowest BCUT2D eigenvalue weighted by molar-refractivity contribution is 0.155.